The molecule has 0 aromatic heterocycles. The highest BCUT2D eigenvalue weighted by Crippen LogP contribution is 2.18. The molecule has 0 atom stereocenters. The molecule has 2 aromatic rings. The minimum Gasteiger partial charge on any atom is -0.494 e. The molecule has 0 fully saturated rings. The number of methoxy groups -OCH3 is 1. The third-order valence-electron chi connectivity index (χ3n) is 4.37. The van der Waals surface area contributed by atoms with Crippen LogP contribution in [0.3, 0.4) is 0 Å². The van der Waals surface area contributed by atoms with Gasteiger partial charge in [-0.2, -0.15) is 0 Å². The van der Waals surface area contributed by atoms with E-state index in [4.69, 9.17) is 4.74 Å². The third-order valence-corrected chi connectivity index (χ3v) is 4.37. The second kappa shape index (κ2) is 9.37. The van der Waals surface area contributed by atoms with Crippen molar-refractivity contribution in [2.75, 3.05) is 46.7 Å². The van der Waals surface area contributed by atoms with Gasteiger partial charge in [0.1, 0.15) is 0 Å². The number of nitrogens with zero attached hydrogens (tertiary/aromatic N) is 3. The average Bonchev–Trinajstić information content (AvgIpc) is 2.62. The van der Waals surface area contributed by atoms with Crippen molar-refractivity contribution in [1.29, 1.82) is 0 Å². The summed E-state index contributed by atoms with van der Waals surface area (Å²) in [6.07, 6.45) is 0. The Morgan fingerprint density at radius 2 is 1.59 bits per heavy atom. The maximum atomic E-state index is 13.8. The Bertz CT molecular complexity index is 763. The van der Waals surface area contributed by atoms with Gasteiger partial charge in [-0.3, -0.25) is 9.69 Å². The number of carbonyl (C=O) groups excluding carboxylic acids is 1. The number of hydrogen-bond donors (Lipinski definition) is 0. The molecule has 0 N–H and O–H groups in total. The molecule has 2 rings (SSSR count). The largest absolute Gasteiger partial charge is 0.494 e. The number of halogens is 1. The highest BCUT2D eigenvalue weighted by Gasteiger charge is 2.13. The lowest BCUT2D eigenvalue weighted by molar-refractivity contribution is -0.131. The molecule has 2 aromatic carbocycles. The van der Waals surface area contributed by atoms with Gasteiger partial charge in [0.05, 0.1) is 13.7 Å². The average molecular weight is 373 g/mol. The Balaban J connectivity index is 1.88. The number of rotatable bonds is 8. The van der Waals surface area contributed by atoms with Crippen molar-refractivity contribution in [2.45, 2.75) is 13.1 Å². The van der Waals surface area contributed by atoms with E-state index in [1.807, 2.05) is 55.2 Å². The summed E-state index contributed by atoms with van der Waals surface area (Å²) in [5.74, 6) is -0.159. The second-order valence-corrected chi connectivity index (χ2v) is 6.95. The second-order valence-electron chi connectivity index (χ2n) is 6.95. The van der Waals surface area contributed by atoms with Crippen molar-refractivity contribution in [3.63, 3.8) is 0 Å². The van der Waals surface area contributed by atoms with Gasteiger partial charge in [-0.05, 0) is 42.4 Å². The lowest BCUT2D eigenvalue weighted by Gasteiger charge is -2.22. The van der Waals surface area contributed by atoms with Gasteiger partial charge in [0.25, 0.3) is 0 Å². The number of likely N-dealkylation sites (N-methyl/N-ethyl adjacent to an activating group) is 2. The van der Waals surface area contributed by atoms with Crippen LogP contribution in [0.15, 0.2) is 42.5 Å². The number of anilines is 1. The monoisotopic (exact) mass is 373 g/mol. The molecular weight excluding hydrogens is 345 g/mol. The predicted octanol–water partition coefficient (Wildman–Crippen LogP) is 2.99. The molecule has 0 radical (unpaired) electrons. The first-order chi connectivity index (χ1) is 12.8. The molecular formula is C21H28FN3O2. The summed E-state index contributed by atoms with van der Waals surface area (Å²) in [6, 6.07) is 13.0. The normalized spacial score (nSPS) is 10.8. The van der Waals surface area contributed by atoms with Crippen LogP contribution in [0.5, 0.6) is 5.75 Å². The minimum atomic E-state index is -0.395. The lowest BCUT2D eigenvalue weighted by Crippen LogP contribution is -2.36. The molecule has 0 saturated carbocycles. The van der Waals surface area contributed by atoms with Crippen LogP contribution < -0.4 is 9.64 Å². The molecule has 0 saturated heterocycles. The summed E-state index contributed by atoms with van der Waals surface area (Å²) in [5.41, 5.74) is 3.00. The van der Waals surface area contributed by atoms with Crippen LogP contribution >= 0.6 is 0 Å². The van der Waals surface area contributed by atoms with Crippen LogP contribution in [0, 0.1) is 5.82 Å². The van der Waals surface area contributed by atoms with Crippen LogP contribution in [0.25, 0.3) is 0 Å². The summed E-state index contributed by atoms with van der Waals surface area (Å²) in [6.45, 7) is 1.30. The maximum absolute atomic E-state index is 13.8. The molecule has 0 spiro atoms. The van der Waals surface area contributed by atoms with Crippen molar-refractivity contribution in [3.05, 3.63) is 59.4 Å². The van der Waals surface area contributed by atoms with Gasteiger partial charge in [0.2, 0.25) is 5.91 Å². The Kier molecular flexibility index (Phi) is 7.19. The zero-order valence-corrected chi connectivity index (χ0v) is 16.7. The fraction of sp³-hybridized carbons (Fsp3) is 0.381. The predicted molar refractivity (Wildman–Crippen MR) is 107 cm³/mol. The first-order valence-corrected chi connectivity index (χ1v) is 8.81. The quantitative estimate of drug-likeness (QED) is 0.713. The first kappa shape index (κ1) is 20.7. The van der Waals surface area contributed by atoms with Crippen molar-refractivity contribution in [1.82, 2.24) is 9.80 Å². The number of benzene rings is 2. The van der Waals surface area contributed by atoms with Crippen molar-refractivity contribution < 1.29 is 13.9 Å². The van der Waals surface area contributed by atoms with E-state index >= 15 is 0 Å². The van der Waals surface area contributed by atoms with E-state index in [1.165, 1.54) is 13.2 Å². The van der Waals surface area contributed by atoms with Crippen LogP contribution in [-0.2, 0) is 17.9 Å². The summed E-state index contributed by atoms with van der Waals surface area (Å²) in [4.78, 5) is 18.1. The molecule has 6 heteroatoms. The van der Waals surface area contributed by atoms with E-state index in [9.17, 15) is 9.18 Å². The van der Waals surface area contributed by atoms with E-state index in [2.05, 4.69) is 0 Å². The van der Waals surface area contributed by atoms with Crippen LogP contribution in [0.4, 0.5) is 10.1 Å². The molecule has 0 unspecified atom stereocenters. The fourth-order valence-corrected chi connectivity index (χ4v) is 2.79. The topological polar surface area (TPSA) is 36.0 Å². The summed E-state index contributed by atoms with van der Waals surface area (Å²) < 4.78 is 18.7. The highest BCUT2D eigenvalue weighted by atomic mass is 19.1. The maximum Gasteiger partial charge on any atom is 0.236 e. The Labute approximate surface area is 160 Å². The van der Waals surface area contributed by atoms with Gasteiger partial charge in [-0.15, -0.1) is 0 Å². The zero-order chi connectivity index (χ0) is 20.0. The van der Waals surface area contributed by atoms with Crippen molar-refractivity contribution >= 4 is 11.6 Å². The molecule has 0 bridgehead atoms. The van der Waals surface area contributed by atoms with Crippen LogP contribution in [-0.4, -0.2) is 57.6 Å². The molecule has 146 valence electrons. The molecule has 5 nitrogen and oxygen atoms in total. The smallest absolute Gasteiger partial charge is 0.236 e. The molecule has 0 aliphatic carbocycles. The Hall–Kier alpha value is -2.60. The lowest BCUT2D eigenvalue weighted by atomic mass is 10.2. The Morgan fingerprint density at radius 3 is 2.15 bits per heavy atom. The van der Waals surface area contributed by atoms with Crippen LogP contribution in [0.2, 0.25) is 0 Å². The van der Waals surface area contributed by atoms with Crippen LogP contribution in [0.1, 0.15) is 11.1 Å². The molecule has 27 heavy (non-hydrogen) atoms. The summed E-state index contributed by atoms with van der Waals surface area (Å²) in [7, 11) is 9.07. The van der Waals surface area contributed by atoms with Crippen molar-refractivity contribution in [3.8, 4) is 5.75 Å². The van der Waals surface area contributed by atoms with E-state index in [1.54, 1.807) is 24.1 Å². The first-order valence-electron chi connectivity index (χ1n) is 8.81. The summed E-state index contributed by atoms with van der Waals surface area (Å²) in [5, 5.41) is 0. The molecule has 1 amide bonds. The van der Waals surface area contributed by atoms with Gasteiger partial charge in [-0.25, -0.2) is 4.39 Å². The molecule has 0 heterocycles. The number of carbonyl (C=O) groups is 1. The van der Waals surface area contributed by atoms with E-state index < -0.39 is 5.82 Å². The molecule has 0 aliphatic heterocycles. The van der Waals surface area contributed by atoms with Gasteiger partial charge in [0, 0.05) is 39.9 Å². The fourth-order valence-electron chi connectivity index (χ4n) is 2.79. The van der Waals surface area contributed by atoms with Gasteiger partial charge < -0.3 is 14.5 Å². The zero-order valence-electron chi connectivity index (χ0n) is 16.7. The minimum absolute atomic E-state index is 0.0168. The SMILES string of the molecule is COc1ccc(CN(C)CC(=O)N(C)Cc2ccc(N(C)C)cc2)cc1F. The number of hydrogen-bond acceptors (Lipinski definition) is 4. The summed E-state index contributed by atoms with van der Waals surface area (Å²) >= 11 is 0. The molecule has 0 aliphatic rings. The van der Waals surface area contributed by atoms with Crippen molar-refractivity contribution in [2.24, 2.45) is 0 Å². The van der Waals surface area contributed by atoms with Gasteiger partial charge in [0.15, 0.2) is 11.6 Å². The van der Waals surface area contributed by atoms with E-state index in [-0.39, 0.29) is 18.2 Å². The van der Waals surface area contributed by atoms with E-state index in [0.717, 1.165) is 16.8 Å². The number of ether oxygens (including phenoxy) is 1. The number of amides is 1. The third kappa shape index (κ3) is 5.96. The van der Waals surface area contributed by atoms with E-state index in [0.29, 0.717) is 13.1 Å². The standard InChI is InChI=1S/C21H28FN3O2/c1-23(2)18-9-6-16(7-10-18)14-25(4)21(26)15-24(3)13-17-8-11-20(27-5)19(22)12-17/h6-12H,13-15H2,1-5H3. The Morgan fingerprint density at radius 1 is 0.963 bits per heavy atom. The van der Waals surface area contributed by atoms with Gasteiger partial charge >= 0.3 is 0 Å². The highest BCUT2D eigenvalue weighted by molar-refractivity contribution is 5.78. The van der Waals surface area contributed by atoms with Gasteiger partial charge in [-0.1, -0.05) is 18.2 Å².